The average molecular weight is 424 g/mol. The molecule has 98 valence electrons. The Bertz CT molecular complexity index is 460. The first-order valence-corrected chi connectivity index (χ1v) is 8.09. The second kappa shape index (κ2) is 5.77. The van der Waals surface area contributed by atoms with Gasteiger partial charge in [0.05, 0.1) is 5.56 Å². The molecule has 0 unspecified atom stereocenters. The van der Waals surface area contributed by atoms with E-state index < -0.39 is 0 Å². The summed E-state index contributed by atoms with van der Waals surface area (Å²) in [5.74, 6) is -0.148. The summed E-state index contributed by atoms with van der Waals surface area (Å²) in [5.41, 5.74) is 0.646. The third-order valence-corrected chi connectivity index (χ3v) is 4.48. The van der Waals surface area contributed by atoms with E-state index in [9.17, 15) is 9.90 Å². The van der Waals surface area contributed by atoms with E-state index in [1.165, 1.54) is 12.8 Å². The first-order valence-electron chi connectivity index (χ1n) is 5.89. The van der Waals surface area contributed by atoms with Gasteiger partial charge in [-0.3, -0.25) is 4.79 Å². The van der Waals surface area contributed by atoms with Crippen LogP contribution in [0.4, 0.5) is 0 Å². The van der Waals surface area contributed by atoms with Crippen LogP contribution in [0.5, 0.6) is 5.75 Å². The molecule has 1 aromatic carbocycles. The quantitative estimate of drug-likeness (QED) is 0.564. The van der Waals surface area contributed by atoms with E-state index in [-0.39, 0.29) is 17.1 Å². The van der Waals surface area contributed by atoms with Crippen LogP contribution in [-0.4, -0.2) is 22.9 Å². The number of amides is 1. The summed E-state index contributed by atoms with van der Waals surface area (Å²) < 4.78 is 0.942. The van der Waals surface area contributed by atoms with E-state index in [1.54, 1.807) is 18.2 Å². The van der Waals surface area contributed by atoms with Gasteiger partial charge in [0.1, 0.15) is 5.75 Å². The number of halogens is 2. The maximum Gasteiger partial charge on any atom is 0.255 e. The molecule has 3 nitrogen and oxygen atoms in total. The van der Waals surface area contributed by atoms with Gasteiger partial charge in [-0.25, -0.2) is 0 Å². The van der Waals surface area contributed by atoms with Gasteiger partial charge in [-0.1, -0.05) is 15.9 Å². The fourth-order valence-corrected chi connectivity index (χ4v) is 3.28. The first kappa shape index (κ1) is 14.1. The molecular weight excluding hydrogens is 409 g/mol. The lowest BCUT2D eigenvalue weighted by Gasteiger charge is -2.15. The third-order valence-electron chi connectivity index (χ3n) is 3.41. The Hall–Kier alpha value is -0.300. The highest BCUT2D eigenvalue weighted by Gasteiger charge is 2.41. The molecule has 0 bridgehead atoms. The minimum Gasteiger partial charge on any atom is -0.507 e. The Balaban J connectivity index is 1.98. The maximum atomic E-state index is 12.0. The molecule has 1 fully saturated rings. The Morgan fingerprint density at radius 3 is 2.83 bits per heavy atom. The average Bonchev–Trinajstić information content (AvgIpc) is 3.10. The lowest BCUT2D eigenvalue weighted by Crippen LogP contribution is -2.30. The van der Waals surface area contributed by atoms with E-state index >= 15 is 0 Å². The van der Waals surface area contributed by atoms with Gasteiger partial charge in [0.25, 0.3) is 5.91 Å². The van der Waals surface area contributed by atoms with Crippen LogP contribution in [0, 0.1) is 8.99 Å². The van der Waals surface area contributed by atoms with Gasteiger partial charge < -0.3 is 10.4 Å². The summed E-state index contributed by atoms with van der Waals surface area (Å²) in [6.07, 6.45) is 3.44. The van der Waals surface area contributed by atoms with E-state index in [1.807, 2.05) is 0 Å². The van der Waals surface area contributed by atoms with Gasteiger partial charge in [-0.05, 0) is 65.5 Å². The molecule has 1 aliphatic rings. The van der Waals surface area contributed by atoms with Crippen molar-refractivity contribution in [3.8, 4) is 5.75 Å². The van der Waals surface area contributed by atoms with Crippen LogP contribution < -0.4 is 5.32 Å². The summed E-state index contributed by atoms with van der Waals surface area (Å²) in [5, 5.41) is 13.6. The van der Waals surface area contributed by atoms with Crippen LogP contribution in [0.3, 0.4) is 0 Å². The summed E-state index contributed by atoms with van der Waals surface area (Å²) in [4.78, 5) is 12.0. The van der Waals surface area contributed by atoms with Crippen molar-refractivity contribution in [2.45, 2.75) is 19.3 Å². The summed E-state index contributed by atoms with van der Waals surface area (Å²) in [6, 6.07) is 5.04. The van der Waals surface area contributed by atoms with Crippen molar-refractivity contribution < 1.29 is 9.90 Å². The molecule has 0 saturated heterocycles. The van der Waals surface area contributed by atoms with Crippen molar-refractivity contribution in [2.24, 2.45) is 5.41 Å². The fraction of sp³-hybridized carbons (Fsp3) is 0.462. The number of hydrogen-bond acceptors (Lipinski definition) is 2. The lowest BCUT2D eigenvalue weighted by molar-refractivity contribution is 0.0941. The van der Waals surface area contributed by atoms with Crippen molar-refractivity contribution in [2.75, 3.05) is 11.9 Å². The first-order chi connectivity index (χ1) is 8.56. The zero-order valence-corrected chi connectivity index (χ0v) is 13.6. The molecule has 0 heterocycles. The van der Waals surface area contributed by atoms with E-state index in [0.717, 1.165) is 15.3 Å². The standard InChI is InChI=1S/C13H15BrINO2/c14-6-5-13(3-4-13)8-16-12(18)10-7-9(15)1-2-11(10)17/h1-2,7,17H,3-6,8H2,(H,16,18). The number of carbonyl (C=O) groups excluding carboxylic acids is 1. The predicted molar refractivity (Wildman–Crippen MR) is 83.2 cm³/mol. The van der Waals surface area contributed by atoms with Gasteiger partial charge >= 0.3 is 0 Å². The van der Waals surface area contributed by atoms with Crippen molar-refractivity contribution in [3.63, 3.8) is 0 Å². The smallest absolute Gasteiger partial charge is 0.255 e. The molecular formula is C13H15BrINO2. The predicted octanol–water partition coefficient (Wildman–Crippen LogP) is 3.29. The molecule has 1 saturated carbocycles. The zero-order valence-electron chi connectivity index (χ0n) is 9.88. The number of aromatic hydroxyl groups is 1. The molecule has 2 N–H and O–H groups in total. The Labute approximate surface area is 129 Å². The molecule has 1 aromatic rings. The number of nitrogens with one attached hydrogen (secondary N) is 1. The molecule has 5 heteroatoms. The van der Waals surface area contributed by atoms with Crippen LogP contribution in [0.25, 0.3) is 0 Å². The van der Waals surface area contributed by atoms with E-state index in [2.05, 4.69) is 43.8 Å². The highest BCUT2D eigenvalue weighted by atomic mass is 127. The van der Waals surface area contributed by atoms with Crippen LogP contribution in [-0.2, 0) is 0 Å². The van der Waals surface area contributed by atoms with Crippen LogP contribution in [0.1, 0.15) is 29.6 Å². The molecule has 1 aliphatic carbocycles. The second-order valence-electron chi connectivity index (χ2n) is 4.78. The minimum atomic E-state index is -0.188. The highest BCUT2D eigenvalue weighted by molar-refractivity contribution is 14.1. The van der Waals surface area contributed by atoms with Gasteiger partial charge in [0.15, 0.2) is 0 Å². The summed E-state index contributed by atoms with van der Waals surface area (Å²) in [7, 11) is 0. The number of phenols is 1. The van der Waals surface area contributed by atoms with Crippen molar-refractivity contribution in [3.05, 3.63) is 27.3 Å². The molecule has 0 radical (unpaired) electrons. The summed E-state index contributed by atoms with van der Waals surface area (Å²) >= 11 is 5.57. The van der Waals surface area contributed by atoms with Gasteiger partial charge in [0.2, 0.25) is 0 Å². The van der Waals surface area contributed by atoms with E-state index in [0.29, 0.717) is 12.1 Å². The molecule has 1 amide bonds. The number of alkyl halides is 1. The topological polar surface area (TPSA) is 49.3 Å². The Morgan fingerprint density at radius 2 is 2.22 bits per heavy atom. The zero-order chi connectivity index (χ0) is 13.2. The van der Waals surface area contributed by atoms with E-state index in [4.69, 9.17) is 0 Å². The Morgan fingerprint density at radius 1 is 1.50 bits per heavy atom. The number of rotatable bonds is 5. The molecule has 0 spiro atoms. The molecule has 2 rings (SSSR count). The SMILES string of the molecule is O=C(NCC1(CCBr)CC1)c1cc(I)ccc1O. The lowest BCUT2D eigenvalue weighted by atomic mass is 10.0. The number of benzene rings is 1. The number of phenolic OH excluding ortho intramolecular Hbond substituents is 1. The van der Waals surface area contributed by atoms with Crippen LogP contribution in [0.2, 0.25) is 0 Å². The molecule has 0 aromatic heterocycles. The minimum absolute atomic E-state index is 0.0401. The van der Waals surface area contributed by atoms with Gasteiger partial charge in [-0.2, -0.15) is 0 Å². The van der Waals surface area contributed by atoms with Crippen molar-refractivity contribution >= 4 is 44.4 Å². The maximum absolute atomic E-state index is 12.0. The molecule has 0 atom stereocenters. The second-order valence-corrected chi connectivity index (χ2v) is 6.82. The third kappa shape index (κ3) is 3.38. The van der Waals surface area contributed by atoms with Gasteiger partial charge in [0, 0.05) is 15.4 Å². The van der Waals surface area contributed by atoms with Crippen LogP contribution >= 0.6 is 38.5 Å². The van der Waals surface area contributed by atoms with Crippen molar-refractivity contribution in [1.82, 2.24) is 5.32 Å². The molecule has 18 heavy (non-hydrogen) atoms. The normalized spacial score (nSPS) is 16.3. The fourth-order valence-electron chi connectivity index (χ4n) is 1.95. The summed E-state index contributed by atoms with van der Waals surface area (Å²) in [6.45, 7) is 0.697. The molecule has 0 aliphatic heterocycles. The van der Waals surface area contributed by atoms with Gasteiger partial charge in [-0.15, -0.1) is 0 Å². The largest absolute Gasteiger partial charge is 0.507 e. The van der Waals surface area contributed by atoms with Crippen LogP contribution in [0.15, 0.2) is 18.2 Å². The number of carbonyl (C=O) groups is 1. The monoisotopic (exact) mass is 423 g/mol. The highest BCUT2D eigenvalue weighted by Crippen LogP contribution is 2.48. The Kier molecular flexibility index (Phi) is 4.53. The number of hydrogen-bond donors (Lipinski definition) is 2. The van der Waals surface area contributed by atoms with Crippen molar-refractivity contribution in [1.29, 1.82) is 0 Å².